The molecule has 0 unspecified atom stereocenters. The molecule has 0 aliphatic heterocycles. The first-order chi connectivity index (χ1) is 14.2. The van der Waals surface area contributed by atoms with Crippen molar-refractivity contribution in [3.63, 3.8) is 0 Å². The molecule has 0 saturated carbocycles. The standard InChI is InChI=1S/C22H30N4O3S/c1-15(2)12-26(13-16(3)4)30(28,29)18-10-8-17(9-11-18)22(27)25-21-19-6-5-7-20(19)23-14-24-21/h8-11,14-16H,5-7,12-13H2,1-4H3,(H,23,24,25,27). The summed E-state index contributed by atoms with van der Waals surface area (Å²) in [6, 6.07) is 6.10. The molecule has 3 rings (SSSR count). The second-order valence-electron chi connectivity index (χ2n) is 8.59. The topological polar surface area (TPSA) is 92.3 Å². The van der Waals surface area contributed by atoms with Gasteiger partial charge >= 0.3 is 0 Å². The lowest BCUT2D eigenvalue weighted by Crippen LogP contribution is -2.37. The first-order valence-corrected chi connectivity index (χ1v) is 11.9. The number of benzene rings is 1. The first-order valence-electron chi connectivity index (χ1n) is 10.4. The SMILES string of the molecule is CC(C)CN(CC(C)C)S(=O)(=O)c1ccc(C(=O)Nc2ncnc3c2CCC3)cc1. The van der Waals surface area contributed by atoms with E-state index < -0.39 is 10.0 Å². The highest BCUT2D eigenvalue weighted by atomic mass is 32.2. The molecule has 2 aromatic rings. The molecule has 0 bridgehead atoms. The zero-order valence-electron chi connectivity index (χ0n) is 18.1. The van der Waals surface area contributed by atoms with E-state index >= 15 is 0 Å². The van der Waals surface area contributed by atoms with Crippen molar-refractivity contribution in [2.75, 3.05) is 18.4 Å². The lowest BCUT2D eigenvalue weighted by Gasteiger charge is -2.25. The highest BCUT2D eigenvalue weighted by Crippen LogP contribution is 2.26. The average molecular weight is 431 g/mol. The minimum Gasteiger partial charge on any atom is -0.306 e. The molecular weight excluding hydrogens is 400 g/mol. The Morgan fingerprint density at radius 1 is 1.03 bits per heavy atom. The van der Waals surface area contributed by atoms with Crippen LogP contribution in [0.3, 0.4) is 0 Å². The van der Waals surface area contributed by atoms with E-state index in [0.29, 0.717) is 24.5 Å². The number of fused-ring (bicyclic) bond motifs is 1. The summed E-state index contributed by atoms with van der Waals surface area (Å²) in [4.78, 5) is 21.3. The van der Waals surface area contributed by atoms with Crippen molar-refractivity contribution in [2.24, 2.45) is 11.8 Å². The van der Waals surface area contributed by atoms with Crippen LogP contribution >= 0.6 is 0 Å². The molecule has 1 heterocycles. The molecule has 1 N–H and O–H groups in total. The highest BCUT2D eigenvalue weighted by molar-refractivity contribution is 7.89. The van der Waals surface area contributed by atoms with Gasteiger partial charge in [0.25, 0.3) is 5.91 Å². The summed E-state index contributed by atoms with van der Waals surface area (Å²) < 4.78 is 27.8. The Labute approximate surface area is 179 Å². The Kier molecular flexibility index (Phi) is 6.88. The van der Waals surface area contributed by atoms with Crippen molar-refractivity contribution in [2.45, 2.75) is 51.9 Å². The molecule has 0 radical (unpaired) electrons. The highest BCUT2D eigenvalue weighted by Gasteiger charge is 2.26. The van der Waals surface area contributed by atoms with Crippen molar-refractivity contribution < 1.29 is 13.2 Å². The lowest BCUT2D eigenvalue weighted by molar-refractivity contribution is 0.102. The van der Waals surface area contributed by atoms with E-state index in [1.807, 2.05) is 27.7 Å². The van der Waals surface area contributed by atoms with Crippen LogP contribution in [0.25, 0.3) is 0 Å². The molecule has 1 aromatic heterocycles. The predicted molar refractivity (Wildman–Crippen MR) is 117 cm³/mol. The third kappa shape index (κ3) is 5.05. The van der Waals surface area contributed by atoms with Gasteiger partial charge in [-0.2, -0.15) is 4.31 Å². The van der Waals surface area contributed by atoms with Gasteiger partial charge in [0.05, 0.1) is 4.90 Å². The van der Waals surface area contributed by atoms with Gasteiger partial charge in [-0.1, -0.05) is 27.7 Å². The second-order valence-corrected chi connectivity index (χ2v) is 10.5. The number of aromatic nitrogens is 2. The summed E-state index contributed by atoms with van der Waals surface area (Å²) in [5.74, 6) is 0.670. The van der Waals surface area contributed by atoms with Crippen molar-refractivity contribution in [1.82, 2.24) is 14.3 Å². The van der Waals surface area contributed by atoms with Gasteiger partial charge in [-0.05, 0) is 55.4 Å². The maximum atomic E-state index is 13.1. The van der Waals surface area contributed by atoms with Crippen LogP contribution in [0.1, 0.15) is 55.7 Å². The molecular formula is C22H30N4O3S. The number of nitrogens with zero attached hydrogens (tertiary/aromatic N) is 3. The number of carbonyl (C=O) groups excluding carboxylic acids is 1. The fraction of sp³-hybridized carbons (Fsp3) is 0.500. The fourth-order valence-electron chi connectivity index (χ4n) is 3.66. The molecule has 0 fully saturated rings. The third-order valence-electron chi connectivity index (χ3n) is 5.00. The first kappa shape index (κ1) is 22.4. The Hall–Kier alpha value is -2.32. The number of anilines is 1. The van der Waals surface area contributed by atoms with Crippen LogP contribution in [0.5, 0.6) is 0 Å². The predicted octanol–water partition coefficient (Wildman–Crippen LogP) is 3.52. The molecule has 0 atom stereocenters. The number of sulfonamides is 1. The maximum absolute atomic E-state index is 13.1. The molecule has 7 nitrogen and oxygen atoms in total. The third-order valence-corrected chi connectivity index (χ3v) is 6.84. The molecule has 1 aromatic carbocycles. The normalized spacial score (nSPS) is 13.8. The Morgan fingerprint density at radius 3 is 2.27 bits per heavy atom. The number of hydrogen-bond donors (Lipinski definition) is 1. The van der Waals surface area contributed by atoms with Crippen LogP contribution in [-0.4, -0.2) is 41.7 Å². The van der Waals surface area contributed by atoms with Gasteiger partial charge < -0.3 is 5.32 Å². The summed E-state index contributed by atoms with van der Waals surface area (Å²) in [7, 11) is -3.62. The quantitative estimate of drug-likeness (QED) is 0.692. The number of aryl methyl sites for hydroxylation is 1. The van der Waals surface area contributed by atoms with Gasteiger partial charge in [0.2, 0.25) is 10.0 Å². The van der Waals surface area contributed by atoms with Crippen LogP contribution in [0.2, 0.25) is 0 Å². The number of rotatable bonds is 8. The molecule has 1 aliphatic carbocycles. The van der Waals surface area contributed by atoms with E-state index in [0.717, 1.165) is 30.5 Å². The van der Waals surface area contributed by atoms with Gasteiger partial charge in [0.15, 0.2) is 0 Å². The van der Waals surface area contributed by atoms with Crippen LogP contribution in [0.4, 0.5) is 5.82 Å². The summed E-state index contributed by atoms with van der Waals surface area (Å²) in [6.45, 7) is 8.92. The van der Waals surface area contributed by atoms with Crippen molar-refractivity contribution >= 4 is 21.7 Å². The average Bonchev–Trinajstić information content (AvgIpc) is 3.17. The van der Waals surface area contributed by atoms with E-state index in [1.54, 1.807) is 12.1 Å². The van der Waals surface area contributed by atoms with Crippen molar-refractivity contribution in [1.29, 1.82) is 0 Å². The van der Waals surface area contributed by atoms with Crippen LogP contribution in [-0.2, 0) is 22.9 Å². The van der Waals surface area contributed by atoms with Crippen LogP contribution in [0.15, 0.2) is 35.5 Å². The maximum Gasteiger partial charge on any atom is 0.256 e. The largest absolute Gasteiger partial charge is 0.306 e. The molecule has 30 heavy (non-hydrogen) atoms. The summed E-state index contributed by atoms with van der Waals surface area (Å²) >= 11 is 0. The number of amides is 1. The smallest absolute Gasteiger partial charge is 0.256 e. The monoisotopic (exact) mass is 430 g/mol. The Bertz CT molecular complexity index is 992. The van der Waals surface area contributed by atoms with E-state index in [2.05, 4.69) is 15.3 Å². The molecule has 162 valence electrons. The Balaban J connectivity index is 1.78. The van der Waals surface area contributed by atoms with E-state index in [9.17, 15) is 13.2 Å². The summed E-state index contributed by atoms with van der Waals surface area (Å²) in [5, 5.41) is 2.84. The van der Waals surface area contributed by atoms with Gasteiger partial charge in [-0.25, -0.2) is 18.4 Å². The number of carbonyl (C=O) groups is 1. The summed E-state index contributed by atoms with van der Waals surface area (Å²) in [6.07, 6.45) is 4.22. The van der Waals surface area contributed by atoms with E-state index in [4.69, 9.17) is 0 Å². The van der Waals surface area contributed by atoms with Gasteiger partial charge in [0, 0.05) is 29.9 Å². The van der Waals surface area contributed by atoms with E-state index in [1.165, 1.54) is 22.8 Å². The molecule has 0 saturated heterocycles. The van der Waals surface area contributed by atoms with Crippen molar-refractivity contribution in [3.05, 3.63) is 47.4 Å². The fourth-order valence-corrected chi connectivity index (χ4v) is 5.43. The van der Waals surface area contributed by atoms with Crippen molar-refractivity contribution in [3.8, 4) is 0 Å². The molecule has 1 amide bonds. The van der Waals surface area contributed by atoms with Crippen LogP contribution in [0, 0.1) is 11.8 Å². The number of nitrogens with one attached hydrogen (secondary N) is 1. The number of hydrogen-bond acceptors (Lipinski definition) is 5. The van der Waals surface area contributed by atoms with Gasteiger partial charge in [0.1, 0.15) is 12.1 Å². The van der Waals surface area contributed by atoms with E-state index in [-0.39, 0.29) is 22.6 Å². The van der Waals surface area contributed by atoms with Gasteiger partial charge in [-0.15, -0.1) is 0 Å². The summed E-state index contributed by atoms with van der Waals surface area (Å²) in [5.41, 5.74) is 2.36. The minimum atomic E-state index is -3.62. The zero-order valence-corrected chi connectivity index (χ0v) is 18.9. The van der Waals surface area contributed by atoms with Crippen LogP contribution < -0.4 is 5.32 Å². The zero-order chi connectivity index (χ0) is 21.9. The Morgan fingerprint density at radius 2 is 1.67 bits per heavy atom. The lowest BCUT2D eigenvalue weighted by atomic mass is 10.2. The minimum absolute atomic E-state index is 0.197. The molecule has 0 spiro atoms. The molecule has 8 heteroatoms. The second kappa shape index (κ2) is 9.22. The molecule has 1 aliphatic rings. The van der Waals surface area contributed by atoms with Gasteiger partial charge in [-0.3, -0.25) is 4.79 Å².